The molecule has 1 rings (SSSR count). The van der Waals surface area contributed by atoms with Gasteiger partial charge in [0.15, 0.2) is 0 Å². The molecule has 0 N–H and O–H groups in total. The summed E-state index contributed by atoms with van der Waals surface area (Å²) in [4.78, 5) is 21.7. The molecule has 1 aromatic carbocycles. The monoisotopic (exact) mass is 301 g/mol. The third-order valence-corrected chi connectivity index (χ3v) is 2.41. The van der Waals surface area contributed by atoms with Crippen LogP contribution in [0.1, 0.15) is 27.2 Å². The Morgan fingerprint density at radius 2 is 2.05 bits per heavy atom. The van der Waals surface area contributed by atoms with Gasteiger partial charge < -0.3 is 9.47 Å². The molecule has 20 heavy (non-hydrogen) atoms. The molecule has 0 aliphatic carbocycles. The van der Waals surface area contributed by atoms with Gasteiger partial charge in [0.2, 0.25) is 5.75 Å². The van der Waals surface area contributed by atoms with Gasteiger partial charge in [0, 0.05) is 6.07 Å². The number of carbonyl (C=O) groups is 1. The number of rotatable bonds is 5. The molecule has 0 bridgehead atoms. The summed E-state index contributed by atoms with van der Waals surface area (Å²) in [6.07, 6.45) is -0.0142. The number of esters is 1. The molecule has 0 aliphatic rings. The summed E-state index contributed by atoms with van der Waals surface area (Å²) in [6, 6.07) is 4.23. The summed E-state index contributed by atoms with van der Waals surface area (Å²) in [6.45, 7) is 5.22. The maximum absolute atomic E-state index is 11.5. The molecule has 0 aliphatic heterocycles. The van der Waals surface area contributed by atoms with Gasteiger partial charge in [0.25, 0.3) is 0 Å². The lowest BCUT2D eigenvalue weighted by Crippen LogP contribution is -2.24. The third-order valence-electron chi connectivity index (χ3n) is 2.12. The molecule has 110 valence electrons. The lowest BCUT2D eigenvalue weighted by atomic mass is 10.2. The molecule has 0 unspecified atom stereocenters. The standard InChI is InChI=1S/C13H16ClNO5/c1-13(2,3)20-11(16)7-8-19-12-9(14)5-4-6-10(12)15(17)18/h4-6H,7-8H2,1-3H3. The lowest BCUT2D eigenvalue weighted by Gasteiger charge is -2.19. The zero-order chi connectivity index (χ0) is 15.3. The van der Waals surface area contributed by atoms with E-state index in [1.165, 1.54) is 18.2 Å². The van der Waals surface area contributed by atoms with Crippen molar-refractivity contribution in [2.45, 2.75) is 32.8 Å². The third kappa shape index (κ3) is 5.05. The van der Waals surface area contributed by atoms with Crippen molar-refractivity contribution in [3.63, 3.8) is 0 Å². The molecule has 1 aromatic rings. The molecule has 0 fully saturated rings. The second-order valence-corrected chi connectivity index (χ2v) is 5.44. The maximum atomic E-state index is 11.5. The quantitative estimate of drug-likeness (QED) is 0.473. The van der Waals surface area contributed by atoms with Crippen molar-refractivity contribution >= 4 is 23.3 Å². The highest BCUT2D eigenvalue weighted by molar-refractivity contribution is 6.32. The zero-order valence-corrected chi connectivity index (χ0v) is 12.3. The van der Waals surface area contributed by atoms with Crippen molar-refractivity contribution < 1.29 is 19.2 Å². The van der Waals surface area contributed by atoms with Crippen LogP contribution in [0, 0.1) is 10.1 Å². The maximum Gasteiger partial charge on any atom is 0.312 e. The molecule has 0 saturated heterocycles. The summed E-state index contributed by atoms with van der Waals surface area (Å²) in [7, 11) is 0. The van der Waals surface area contributed by atoms with Crippen LogP contribution in [0.2, 0.25) is 5.02 Å². The van der Waals surface area contributed by atoms with Crippen LogP contribution in [0.25, 0.3) is 0 Å². The fraction of sp³-hybridized carbons (Fsp3) is 0.462. The Morgan fingerprint density at radius 1 is 1.40 bits per heavy atom. The Morgan fingerprint density at radius 3 is 2.60 bits per heavy atom. The first-order valence-corrected chi connectivity index (χ1v) is 6.36. The Bertz CT molecular complexity index is 510. The van der Waals surface area contributed by atoms with Crippen molar-refractivity contribution in [3.8, 4) is 5.75 Å². The van der Waals surface area contributed by atoms with Crippen molar-refractivity contribution in [1.82, 2.24) is 0 Å². The Kier molecular flexibility index (Phi) is 5.33. The first kappa shape index (κ1) is 16.2. The molecular weight excluding hydrogens is 286 g/mol. The highest BCUT2D eigenvalue weighted by atomic mass is 35.5. The zero-order valence-electron chi connectivity index (χ0n) is 11.5. The van der Waals surface area contributed by atoms with Crippen LogP contribution in [0.15, 0.2) is 18.2 Å². The summed E-state index contributed by atoms with van der Waals surface area (Å²) in [5.41, 5.74) is -0.810. The van der Waals surface area contributed by atoms with Crippen LogP contribution < -0.4 is 4.74 Å². The van der Waals surface area contributed by atoms with E-state index in [9.17, 15) is 14.9 Å². The predicted molar refractivity (Wildman–Crippen MR) is 74.1 cm³/mol. The number of para-hydroxylation sites is 1. The number of carbonyl (C=O) groups excluding carboxylic acids is 1. The summed E-state index contributed by atoms with van der Waals surface area (Å²) in [5.74, 6) is -0.477. The van der Waals surface area contributed by atoms with Crippen LogP contribution in [-0.2, 0) is 9.53 Å². The van der Waals surface area contributed by atoms with Gasteiger partial charge in [0.05, 0.1) is 23.0 Å². The summed E-state index contributed by atoms with van der Waals surface area (Å²) >= 11 is 5.85. The van der Waals surface area contributed by atoms with Crippen molar-refractivity contribution in [1.29, 1.82) is 0 Å². The van der Waals surface area contributed by atoms with E-state index in [4.69, 9.17) is 21.1 Å². The minimum absolute atomic E-state index is 0.0142. The second-order valence-electron chi connectivity index (χ2n) is 5.03. The SMILES string of the molecule is CC(C)(C)OC(=O)CCOc1c(Cl)cccc1[N+](=O)[O-]. The van der Waals surface area contributed by atoms with E-state index >= 15 is 0 Å². The highest BCUT2D eigenvalue weighted by Gasteiger charge is 2.20. The van der Waals surface area contributed by atoms with E-state index in [1.54, 1.807) is 20.8 Å². The van der Waals surface area contributed by atoms with Crippen LogP contribution in [-0.4, -0.2) is 23.1 Å². The second kappa shape index (κ2) is 6.56. The molecule has 0 saturated carbocycles. The molecule has 7 heteroatoms. The van der Waals surface area contributed by atoms with Crippen molar-refractivity contribution in [2.24, 2.45) is 0 Å². The van der Waals surface area contributed by atoms with Crippen LogP contribution in [0.5, 0.6) is 5.75 Å². The number of nitro groups is 1. The van der Waals surface area contributed by atoms with E-state index < -0.39 is 16.5 Å². The highest BCUT2D eigenvalue weighted by Crippen LogP contribution is 2.34. The molecule has 0 amide bonds. The van der Waals surface area contributed by atoms with Crippen molar-refractivity contribution in [3.05, 3.63) is 33.3 Å². The number of hydrogen-bond donors (Lipinski definition) is 0. The first-order chi connectivity index (χ1) is 9.20. The molecule has 0 heterocycles. The van der Waals surface area contributed by atoms with E-state index in [2.05, 4.69) is 0 Å². The van der Waals surface area contributed by atoms with Gasteiger partial charge in [-0.3, -0.25) is 14.9 Å². The van der Waals surface area contributed by atoms with Crippen molar-refractivity contribution in [2.75, 3.05) is 6.61 Å². The average molecular weight is 302 g/mol. The Labute approximate surface area is 121 Å². The Hall–Kier alpha value is -1.82. The Balaban J connectivity index is 2.63. The average Bonchev–Trinajstić information content (AvgIpc) is 2.28. The number of halogens is 1. The van der Waals surface area contributed by atoms with Crippen LogP contribution >= 0.6 is 11.6 Å². The normalized spacial score (nSPS) is 11.0. The van der Waals surface area contributed by atoms with E-state index in [1.807, 2.05) is 0 Å². The molecule has 0 atom stereocenters. The number of ether oxygens (including phenoxy) is 2. The predicted octanol–water partition coefficient (Wildman–Crippen LogP) is 3.36. The largest absolute Gasteiger partial charge is 0.485 e. The minimum Gasteiger partial charge on any atom is -0.485 e. The van der Waals surface area contributed by atoms with Gasteiger partial charge in [-0.05, 0) is 26.8 Å². The summed E-state index contributed by atoms with van der Waals surface area (Å²) < 4.78 is 10.3. The number of benzene rings is 1. The smallest absolute Gasteiger partial charge is 0.312 e. The fourth-order valence-corrected chi connectivity index (χ4v) is 1.64. The van der Waals surface area contributed by atoms with Crippen LogP contribution in [0.4, 0.5) is 5.69 Å². The summed E-state index contributed by atoms with van der Waals surface area (Å²) in [5, 5.41) is 11.0. The number of hydrogen-bond acceptors (Lipinski definition) is 5. The first-order valence-electron chi connectivity index (χ1n) is 5.98. The van der Waals surface area contributed by atoms with Gasteiger partial charge in [-0.25, -0.2) is 0 Å². The molecular formula is C13H16ClNO5. The molecule has 0 spiro atoms. The van der Waals surface area contributed by atoms with E-state index in [-0.39, 0.29) is 29.5 Å². The number of nitro benzene ring substituents is 1. The van der Waals surface area contributed by atoms with Gasteiger partial charge >= 0.3 is 11.7 Å². The number of nitrogens with zero attached hydrogens (tertiary/aromatic N) is 1. The van der Waals surface area contributed by atoms with Crippen LogP contribution in [0.3, 0.4) is 0 Å². The van der Waals surface area contributed by atoms with E-state index in [0.29, 0.717) is 0 Å². The van der Waals surface area contributed by atoms with Gasteiger partial charge in [0.1, 0.15) is 5.60 Å². The van der Waals surface area contributed by atoms with Gasteiger partial charge in [-0.1, -0.05) is 17.7 Å². The van der Waals surface area contributed by atoms with Gasteiger partial charge in [-0.2, -0.15) is 0 Å². The van der Waals surface area contributed by atoms with Gasteiger partial charge in [-0.15, -0.1) is 0 Å². The molecule has 0 aromatic heterocycles. The van der Waals surface area contributed by atoms with E-state index in [0.717, 1.165) is 0 Å². The lowest BCUT2D eigenvalue weighted by molar-refractivity contribution is -0.385. The molecule has 6 nitrogen and oxygen atoms in total. The minimum atomic E-state index is -0.589. The molecule has 0 radical (unpaired) electrons. The fourth-order valence-electron chi connectivity index (χ4n) is 1.41. The topological polar surface area (TPSA) is 78.7 Å².